The Morgan fingerprint density at radius 1 is 1.21 bits per heavy atom. The molecule has 0 aliphatic heterocycles. The lowest BCUT2D eigenvalue weighted by Crippen LogP contribution is -2.27. The van der Waals surface area contributed by atoms with Crippen molar-refractivity contribution in [2.24, 2.45) is 0 Å². The number of hydroxylamine groups is 1. The molecular weight excluding hydrogens is 254 g/mol. The third-order valence-corrected chi connectivity index (χ3v) is 2.14. The van der Waals surface area contributed by atoms with Crippen LogP contribution in [0.2, 0.25) is 0 Å². The van der Waals surface area contributed by atoms with Crippen LogP contribution < -0.4 is 5.48 Å². The zero-order valence-electron chi connectivity index (χ0n) is 10.4. The van der Waals surface area contributed by atoms with Gasteiger partial charge in [0.1, 0.15) is 0 Å². The molecule has 0 heterocycles. The third kappa shape index (κ3) is 5.04. The summed E-state index contributed by atoms with van der Waals surface area (Å²) in [5.74, 6) is -1.82. The first kappa shape index (κ1) is 15.1. The average molecular weight is 269 g/mol. The van der Waals surface area contributed by atoms with E-state index < -0.39 is 11.9 Å². The maximum atomic E-state index is 11.7. The van der Waals surface area contributed by atoms with Crippen LogP contribution in [0.3, 0.4) is 0 Å². The quantitative estimate of drug-likeness (QED) is 0.409. The van der Waals surface area contributed by atoms with Crippen LogP contribution in [0.15, 0.2) is 24.3 Å². The minimum atomic E-state index is -1.18. The van der Waals surface area contributed by atoms with Crippen LogP contribution in [-0.4, -0.2) is 44.1 Å². The number of nitrogens with one attached hydrogen (secondary N) is 1. The Morgan fingerprint density at radius 3 is 2.53 bits per heavy atom. The molecule has 0 unspecified atom stereocenters. The highest BCUT2D eigenvalue weighted by atomic mass is 16.8. The van der Waals surface area contributed by atoms with Crippen LogP contribution in [0.25, 0.3) is 0 Å². The van der Waals surface area contributed by atoms with E-state index in [2.05, 4.69) is 5.48 Å². The van der Waals surface area contributed by atoms with Gasteiger partial charge >= 0.3 is 5.97 Å². The van der Waals surface area contributed by atoms with Crippen molar-refractivity contribution in [3.05, 3.63) is 35.4 Å². The molecule has 7 heteroatoms. The van der Waals surface area contributed by atoms with E-state index >= 15 is 0 Å². The molecule has 0 saturated carbocycles. The summed E-state index contributed by atoms with van der Waals surface area (Å²) in [6, 6.07) is 5.84. The molecule has 1 amide bonds. The maximum absolute atomic E-state index is 11.7. The molecule has 104 valence electrons. The summed E-state index contributed by atoms with van der Waals surface area (Å²) in [5.41, 5.74) is 2.03. The number of amides is 1. The van der Waals surface area contributed by atoms with Crippen LogP contribution >= 0.6 is 0 Å². The van der Waals surface area contributed by atoms with E-state index in [4.69, 9.17) is 19.4 Å². The molecule has 0 aliphatic carbocycles. The van der Waals surface area contributed by atoms with Crippen molar-refractivity contribution in [3.8, 4) is 0 Å². The molecule has 0 aromatic heterocycles. The number of carboxylic acids is 1. The first-order chi connectivity index (χ1) is 9.16. The second-order valence-electron chi connectivity index (χ2n) is 3.45. The first-order valence-corrected chi connectivity index (χ1v) is 5.48. The van der Waals surface area contributed by atoms with Gasteiger partial charge in [-0.25, -0.2) is 15.1 Å². The molecule has 0 bridgehead atoms. The number of aromatic carboxylic acids is 1. The van der Waals surface area contributed by atoms with Crippen molar-refractivity contribution >= 4 is 11.9 Å². The van der Waals surface area contributed by atoms with Crippen LogP contribution in [0.1, 0.15) is 20.7 Å². The Balaban J connectivity index is 2.43. The van der Waals surface area contributed by atoms with Gasteiger partial charge in [0.15, 0.2) is 6.79 Å². The highest BCUT2D eigenvalue weighted by molar-refractivity contribution is 6.04. The van der Waals surface area contributed by atoms with Crippen molar-refractivity contribution in [2.45, 2.75) is 0 Å². The van der Waals surface area contributed by atoms with Gasteiger partial charge in [-0.2, -0.15) is 0 Å². The monoisotopic (exact) mass is 269 g/mol. The molecule has 0 spiro atoms. The van der Waals surface area contributed by atoms with Crippen molar-refractivity contribution in [1.82, 2.24) is 5.48 Å². The zero-order chi connectivity index (χ0) is 14.1. The lowest BCUT2D eigenvalue weighted by molar-refractivity contribution is -0.0959. The molecule has 19 heavy (non-hydrogen) atoms. The molecule has 7 nitrogen and oxygen atoms in total. The van der Waals surface area contributed by atoms with Gasteiger partial charge in [-0.3, -0.25) is 4.79 Å². The fourth-order valence-corrected chi connectivity index (χ4v) is 1.26. The predicted molar refractivity (Wildman–Crippen MR) is 64.6 cm³/mol. The van der Waals surface area contributed by atoms with Crippen LogP contribution in [0.5, 0.6) is 0 Å². The first-order valence-electron chi connectivity index (χ1n) is 5.48. The number of carbonyl (C=O) groups is 2. The Labute approximate surface area is 110 Å². The minimum absolute atomic E-state index is 0.0203. The van der Waals surface area contributed by atoms with Gasteiger partial charge < -0.3 is 14.6 Å². The smallest absolute Gasteiger partial charge is 0.336 e. The van der Waals surface area contributed by atoms with E-state index in [1.807, 2.05) is 0 Å². The molecule has 1 aromatic carbocycles. The van der Waals surface area contributed by atoms with Gasteiger partial charge in [-0.15, -0.1) is 0 Å². The molecule has 0 atom stereocenters. The Hall–Kier alpha value is -1.96. The molecule has 0 radical (unpaired) electrons. The fraction of sp³-hybridized carbons (Fsp3) is 0.333. The molecule has 1 rings (SSSR count). The van der Waals surface area contributed by atoms with Gasteiger partial charge in [-0.1, -0.05) is 12.1 Å². The SMILES string of the molecule is COCCOCONC(=O)c1ccccc1C(=O)O. The van der Waals surface area contributed by atoms with Gasteiger partial charge in [0.2, 0.25) is 0 Å². The second-order valence-corrected chi connectivity index (χ2v) is 3.45. The predicted octanol–water partition coefficient (Wildman–Crippen LogP) is 0.667. The molecule has 1 aromatic rings. The largest absolute Gasteiger partial charge is 0.478 e. The fourth-order valence-electron chi connectivity index (χ4n) is 1.26. The van der Waals surface area contributed by atoms with Gasteiger partial charge in [0.25, 0.3) is 5.91 Å². The summed E-state index contributed by atoms with van der Waals surface area (Å²) in [6.45, 7) is 0.599. The summed E-state index contributed by atoms with van der Waals surface area (Å²) in [4.78, 5) is 27.4. The standard InChI is InChI=1S/C12H15NO6/c1-17-6-7-18-8-19-13-11(14)9-4-2-3-5-10(9)12(15)16/h2-5H,6-8H2,1H3,(H,13,14)(H,15,16). The number of ether oxygens (including phenoxy) is 2. The summed E-state index contributed by atoms with van der Waals surface area (Å²) < 4.78 is 9.71. The highest BCUT2D eigenvalue weighted by Gasteiger charge is 2.15. The number of rotatable bonds is 8. The molecule has 2 N–H and O–H groups in total. The second kappa shape index (κ2) is 8.20. The number of hydrogen-bond donors (Lipinski definition) is 2. The maximum Gasteiger partial charge on any atom is 0.336 e. The van der Waals surface area contributed by atoms with Gasteiger partial charge in [0, 0.05) is 7.11 Å². The van der Waals surface area contributed by atoms with E-state index in [-0.39, 0.29) is 17.9 Å². The van der Waals surface area contributed by atoms with Crippen molar-refractivity contribution in [3.63, 3.8) is 0 Å². The normalized spacial score (nSPS) is 10.2. The van der Waals surface area contributed by atoms with E-state index in [1.165, 1.54) is 25.3 Å². The van der Waals surface area contributed by atoms with Gasteiger partial charge in [0.05, 0.1) is 24.3 Å². The summed E-state index contributed by atoms with van der Waals surface area (Å²) in [5, 5.41) is 8.92. The average Bonchev–Trinajstić information content (AvgIpc) is 2.42. The lowest BCUT2D eigenvalue weighted by atomic mass is 10.1. The van der Waals surface area contributed by atoms with Crippen molar-refractivity contribution in [1.29, 1.82) is 0 Å². The third-order valence-electron chi connectivity index (χ3n) is 2.14. The van der Waals surface area contributed by atoms with Crippen molar-refractivity contribution in [2.75, 3.05) is 27.1 Å². The number of hydrogen-bond acceptors (Lipinski definition) is 5. The Bertz CT molecular complexity index is 434. The minimum Gasteiger partial charge on any atom is -0.478 e. The highest BCUT2D eigenvalue weighted by Crippen LogP contribution is 2.08. The lowest BCUT2D eigenvalue weighted by Gasteiger charge is -2.08. The summed E-state index contributed by atoms with van der Waals surface area (Å²) in [7, 11) is 1.54. The Morgan fingerprint density at radius 2 is 1.89 bits per heavy atom. The van der Waals surface area contributed by atoms with Gasteiger partial charge in [-0.05, 0) is 12.1 Å². The number of carboxylic acid groups (broad SMARTS) is 1. The summed E-state index contributed by atoms with van der Waals surface area (Å²) in [6.07, 6.45) is 0. The number of methoxy groups -OCH3 is 1. The van der Waals surface area contributed by atoms with Crippen LogP contribution in [0, 0.1) is 0 Å². The van der Waals surface area contributed by atoms with E-state index in [9.17, 15) is 9.59 Å². The van der Waals surface area contributed by atoms with E-state index in [1.54, 1.807) is 6.07 Å². The summed E-state index contributed by atoms with van der Waals surface area (Å²) >= 11 is 0. The van der Waals surface area contributed by atoms with Crippen LogP contribution in [0.4, 0.5) is 0 Å². The van der Waals surface area contributed by atoms with Crippen LogP contribution in [-0.2, 0) is 14.3 Å². The number of benzene rings is 1. The Kier molecular flexibility index (Phi) is 6.51. The number of carbonyl (C=O) groups excluding carboxylic acids is 1. The van der Waals surface area contributed by atoms with Crippen molar-refractivity contribution < 1.29 is 29.0 Å². The zero-order valence-corrected chi connectivity index (χ0v) is 10.4. The molecular formula is C12H15NO6. The van der Waals surface area contributed by atoms with E-state index in [0.29, 0.717) is 13.2 Å². The topological polar surface area (TPSA) is 94.1 Å². The molecule has 0 fully saturated rings. The molecule has 0 saturated heterocycles. The van der Waals surface area contributed by atoms with E-state index in [0.717, 1.165) is 0 Å². The molecule has 0 aliphatic rings.